The van der Waals surface area contributed by atoms with Crippen LogP contribution in [0.25, 0.3) is 10.9 Å². The summed E-state index contributed by atoms with van der Waals surface area (Å²) in [5.74, 6) is 0.326. The van der Waals surface area contributed by atoms with Gasteiger partial charge in [0.05, 0.1) is 11.2 Å². The molecule has 0 saturated heterocycles. The van der Waals surface area contributed by atoms with E-state index in [9.17, 15) is 4.79 Å². The van der Waals surface area contributed by atoms with Gasteiger partial charge >= 0.3 is 0 Å². The maximum Gasteiger partial charge on any atom is 0.262 e. The number of aryl methyl sites for hydroxylation is 2. The third-order valence-electron chi connectivity index (χ3n) is 3.75. The highest BCUT2D eigenvalue weighted by Crippen LogP contribution is 2.29. The zero-order chi connectivity index (χ0) is 18.0. The largest absolute Gasteiger partial charge is 0.484 e. The molecule has 0 radical (unpaired) electrons. The van der Waals surface area contributed by atoms with E-state index in [0.29, 0.717) is 21.5 Å². The lowest BCUT2D eigenvalue weighted by Crippen LogP contribution is -2.20. The molecule has 0 saturated carbocycles. The van der Waals surface area contributed by atoms with E-state index < -0.39 is 0 Å². The minimum Gasteiger partial charge on any atom is -0.484 e. The van der Waals surface area contributed by atoms with Crippen molar-refractivity contribution in [1.29, 1.82) is 0 Å². The van der Waals surface area contributed by atoms with Crippen molar-refractivity contribution in [2.75, 3.05) is 11.9 Å². The summed E-state index contributed by atoms with van der Waals surface area (Å²) in [5, 5.41) is 4.98. The summed E-state index contributed by atoms with van der Waals surface area (Å²) in [4.78, 5) is 16.8. The van der Waals surface area contributed by atoms with Crippen molar-refractivity contribution in [3.8, 4) is 5.75 Å². The molecule has 0 aliphatic heterocycles. The van der Waals surface area contributed by atoms with Crippen LogP contribution < -0.4 is 10.1 Å². The molecular formula is C19H16Cl2N2O2. The van der Waals surface area contributed by atoms with Gasteiger partial charge in [0.15, 0.2) is 6.61 Å². The second-order valence-electron chi connectivity index (χ2n) is 5.67. The predicted octanol–water partition coefficient (Wildman–Crippen LogP) is 5.18. The Kier molecular flexibility index (Phi) is 5.11. The second-order valence-corrected chi connectivity index (χ2v) is 6.51. The Hall–Kier alpha value is -2.30. The number of hydrogen-bond acceptors (Lipinski definition) is 3. The van der Waals surface area contributed by atoms with Gasteiger partial charge in [0.1, 0.15) is 5.75 Å². The van der Waals surface area contributed by atoms with Crippen LogP contribution in [0.5, 0.6) is 5.75 Å². The highest BCUT2D eigenvalue weighted by molar-refractivity contribution is 6.32. The molecule has 1 aromatic heterocycles. The van der Waals surface area contributed by atoms with E-state index in [4.69, 9.17) is 27.9 Å². The smallest absolute Gasteiger partial charge is 0.262 e. The van der Waals surface area contributed by atoms with Gasteiger partial charge in [-0.25, -0.2) is 0 Å². The van der Waals surface area contributed by atoms with Crippen molar-refractivity contribution in [2.45, 2.75) is 13.8 Å². The van der Waals surface area contributed by atoms with Gasteiger partial charge in [-0.15, -0.1) is 0 Å². The number of benzene rings is 2. The monoisotopic (exact) mass is 374 g/mol. The normalized spacial score (nSPS) is 10.7. The second kappa shape index (κ2) is 7.30. The van der Waals surface area contributed by atoms with Crippen LogP contribution in [-0.4, -0.2) is 17.5 Å². The Morgan fingerprint density at radius 3 is 2.56 bits per heavy atom. The predicted molar refractivity (Wildman–Crippen MR) is 102 cm³/mol. The molecule has 6 heteroatoms. The van der Waals surface area contributed by atoms with E-state index in [-0.39, 0.29) is 12.5 Å². The molecule has 4 nitrogen and oxygen atoms in total. The lowest BCUT2D eigenvalue weighted by Gasteiger charge is -2.12. The average Bonchev–Trinajstić information content (AvgIpc) is 2.58. The first-order valence-electron chi connectivity index (χ1n) is 7.69. The summed E-state index contributed by atoms with van der Waals surface area (Å²) in [6, 6.07) is 12.3. The molecule has 2 aromatic carbocycles. The number of aromatic nitrogens is 1. The van der Waals surface area contributed by atoms with Crippen LogP contribution in [0.1, 0.15) is 11.3 Å². The molecule has 0 unspecified atom stereocenters. The minimum absolute atomic E-state index is 0.100. The van der Waals surface area contributed by atoms with Crippen molar-refractivity contribution < 1.29 is 9.53 Å². The van der Waals surface area contributed by atoms with Crippen LogP contribution in [-0.2, 0) is 4.79 Å². The first kappa shape index (κ1) is 17.5. The summed E-state index contributed by atoms with van der Waals surface area (Å²) < 4.78 is 5.47. The molecule has 1 N–H and O–H groups in total. The van der Waals surface area contributed by atoms with Crippen LogP contribution in [0.2, 0.25) is 10.0 Å². The number of amides is 1. The Labute approximate surface area is 155 Å². The zero-order valence-electron chi connectivity index (χ0n) is 13.8. The molecule has 25 heavy (non-hydrogen) atoms. The summed E-state index contributed by atoms with van der Waals surface area (Å²) in [6.45, 7) is 3.68. The topological polar surface area (TPSA) is 51.2 Å². The number of pyridine rings is 1. The van der Waals surface area contributed by atoms with Gasteiger partial charge < -0.3 is 10.1 Å². The summed E-state index contributed by atoms with van der Waals surface area (Å²) >= 11 is 12.0. The summed E-state index contributed by atoms with van der Waals surface area (Å²) in [5.41, 5.74) is 3.15. The number of nitrogens with one attached hydrogen (secondary N) is 1. The number of carbonyl (C=O) groups is 1. The minimum atomic E-state index is -0.255. The summed E-state index contributed by atoms with van der Waals surface area (Å²) in [6.07, 6.45) is 0. The first-order valence-corrected chi connectivity index (χ1v) is 8.44. The SMILES string of the molecule is Cc1cc(NC(=O)COc2ccc(Cl)cc2)c2ccc(Cl)c(C)c2n1. The number of hydrogen-bond donors (Lipinski definition) is 1. The number of anilines is 1. The van der Waals surface area contributed by atoms with Gasteiger partial charge in [-0.2, -0.15) is 0 Å². The fraction of sp³-hybridized carbons (Fsp3) is 0.158. The molecular weight excluding hydrogens is 359 g/mol. The quantitative estimate of drug-likeness (QED) is 0.684. The molecule has 3 aromatic rings. The van der Waals surface area contributed by atoms with Crippen molar-refractivity contribution in [3.05, 3.63) is 63.8 Å². The zero-order valence-corrected chi connectivity index (χ0v) is 15.3. The van der Waals surface area contributed by atoms with Crippen LogP contribution >= 0.6 is 23.2 Å². The molecule has 128 valence electrons. The van der Waals surface area contributed by atoms with Crippen LogP contribution in [0.4, 0.5) is 5.69 Å². The van der Waals surface area contributed by atoms with Gasteiger partial charge in [0.25, 0.3) is 5.91 Å². The van der Waals surface area contributed by atoms with Gasteiger partial charge in [0, 0.05) is 21.1 Å². The van der Waals surface area contributed by atoms with E-state index in [2.05, 4.69) is 10.3 Å². The number of rotatable bonds is 4. The molecule has 0 aliphatic carbocycles. The molecule has 0 fully saturated rings. The fourth-order valence-electron chi connectivity index (χ4n) is 2.50. The highest BCUT2D eigenvalue weighted by Gasteiger charge is 2.11. The van der Waals surface area contributed by atoms with Gasteiger partial charge in [0.2, 0.25) is 0 Å². The van der Waals surface area contributed by atoms with E-state index in [1.165, 1.54) is 0 Å². The van der Waals surface area contributed by atoms with Crippen LogP contribution in [0.15, 0.2) is 42.5 Å². The highest BCUT2D eigenvalue weighted by atomic mass is 35.5. The lowest BCUT2D eigenvalue weighted by atomic mass is 10.1. The molecule has 0 aliphatic rings. The van der Waals surface area contributed by atoms with Crippen LogP contribution in [0, 0.1) is 13.8 Å². The molecule has 3 rings (SSSR count). The average molecular weight is 375 g/mol. The molecule has 0 spiro atoms. The molecule has 0 atom stereocenters. The standard InChI is InChI=1S/C19H16Cl2N2O2/c1-11-9-17(15-7-8-16(21)12(2)19(15)22-11)23-18(24)10-25-14-5-3-13(20)4-6-14/h3-9H,10H2,1-2H3,(H,22,23,24). The maximum absolute atomic E-state index is 12.3. The van der Waals surface area contributed by atoms with E-state index >= 15 is 0 Å². The lowest BCUT2D eigenvalue weighted by molar-refractivity contribution is -0.118. The van der Waals surface area contributed by atoms with Gasteiger partial charge in [-0.1, -0.05) is 23.2 Å². The maximum atomic E-state index is 12.3. The van der Waals surface area contributed by atoms with E-state index in [1.54, 1.807) is 30.3 Å². The Morgan fingerprint density at radius 2 is 1.84 bits per heavy atom. The Bertz CT molecular complexity index is 940. The molecule has 0 bridgehead atoms. The summed E-state index contributed by atoms with van der Waals surface area (Å²) in [7, 11) is 0. The number of nitrogens with zero attached hydrogens (tertiary/aromatic N) is 1. The van der Waals surface area contributed by atoms with Crippen molar-refractivity contribution in [2.24, 2.45) is 0 Å². The number of halogens is 2. The van der Waals surface area contributed by atoms with Gasteiger partial charge in [-0.3, -0.25) is 9.78 Å². The molecule has 1 heterocycles. The van der Waals surface area contributed by atoms with Crippen molar-refractivity contribution in [1.82, 2.24) is 4.98 Å². The van der Waals surface area contributed by atoms with Gasteiger partial charge in [-0.05, 0) is 61.9 Å². The number of ether oxygens (including phenoxy) is 1. The Morgan fingerprint density at radius 1 is 1.12 bits per heavy atom. The Balaban J connectivity index is 1.79. The van der Waals surface area contributed by atoms with Crippen LogP contribution in [0.3, 0.4) is 0 Å². The number of carbonyl (C=O) groups excluding carboxylic acids is 1. The fourth-order valence-corrected chi connectivity index (χ4v) is 2.78. The van der Waals surface area contributed by atoms with E-state index in [1.807, 2.05) is 26.0 Å². The van der Waals surface area contributed by atoms with E-state index in [0.717, 1.165) is 22.2 Å². The number of fused-ring (bicyclic) bond motifs is 1. The van der Waals surface area contributed by atoms with Crippen molar-refractivity contribution in [3.63, 3.8) is 0 Å². The third-order valence-corrected chi connectivity index (χ3v) is 4.42. The van der Waals surface area contributed by atoms with Crippen molar-refractivity contribution >= 4 is 45.7 Å². The molecule has 1 amide bonds. The first-order chi connectivity index (χ1) is 11.9. The third kappa shape index (κ3) is 4.03.